The molecule has 5 nitrogen and oxygen atoms in total. The Kier molecular flexibility index (Phi) is 4.42. The second kappa shape index (κ2) is 6.12. The van der Waals surface area contributed by atoms with E-state index in [0.29, 0.717) is 16.1 Å². The van der Waals surface area contributed by atoms with Crippen molar-refractivity contribution in [2.75, 3.05) is 6.61 Å². The number of nitrogens with zero attached hydrogens (tertiary/aromatic N) is 2. The number of benzene rings is 1. The van der Waals surface area contributed by atoms with Crippen molar-refractivity contribution in [3.8, 4) is 0 Å². The molecule has 0 saturated carbocycles. The molecule has 0 radical (unpaired) electrons. The van der Waals surface area contributed by atoms with E-state index >= 15 is 0 Å². The van der Waals surface area contributed by atoms with Crippen LogP contribution in [0.2, 0.25) is 5.15 Å². The highest BCUT2D eigenvalue weighted by Gasteiger charge is 2.52. The maximum Gasteiger partial charge on any atom is 0.492 e. The molecule has 1 aromatic heterocycles. The molecular formula is C17H20BClN2O3. The molecule has 1 aromatic carbocycles. The number of fused-ring (bicyclic) bond motifs is 1. The molecule has 1 aliphatic rings. The van der Waals surface area contributed by atoms with Gasteiger partial charge in [0.25, 0.3) is 0 Å². The molecule has 24 heavy (non-hydrogen) atoms. The van der Waals surface area contributed by atoms with Crippen molar-refractivity contribution in [3.05, 3.63) is 40.6 Å². The highest BCUT2D eigenvalue weighted by atomic mass is 35.5. The molecule has 1 fully saturated rings. The van der Waals surface area contributed by atoms with E-state index in [1.54, 1.807) is 0 Å². The summed E-state index contributed by atoms with van der Waals surface area (Å²) in [5, 5.41) is 10.1. The van der Waals surface area contributed by atoms with Crippen molar-refractivity contribution < 1.29 is 14.4 Å². The molecule has 0 unspecified atom stereocenters. The lowest BCUT2D eigenvalue weighted by atomic mass is 9.77. The minimum atomic E-state index is -0.582. The van der Waals surface area contributed by atoms with Gasteiger partial charge in [-0.05, 0) is 50.9 Å². The number of hydrogen-bond donors (Lipinski definition) is 1. The molecule has 0 amide bonds. The summed E-state index contributed by atoms with van der Waals surface area (Å²) in [6.07, 6.45) is 3.37. The topological polar surface area (TPSA) is 64.5 Å². The summed E-state index contributed by atoms with van der Waals surface area (Å²) in [5.74, 6) is 0. The van der Waals surface area contributed by atoms with E-state index in [1.807, 2.05) is 52.0 Å². The quantitative estimate of drug-likeness (QED) is 0.864. The van der Waals surface area contributed by atoms with Gasteiger partial charge in [0.15, 0.2) is 0 Å². The lowest BCUT2D eigenvalue weighted by molar-refractivity contribution is 0.00578. The normalized spacial score (nSPS) is 19.9. The van der Waals surface area contributed by atoms with Crippen molar-refractivity contribution in [3.63, 3.8) is 0 Å². The van der Waals surface area contributed by atoms with Crippen LogP contribution in [0.15, 0.2) is 29.9 Å². The zero-order valence-electron chi connectivity index (χ0n) is 14.2. The first kappa shape index (κ1) is 17.4. The fourth-order valence-electron chi connectivity index (χ4n) is 2.49. The van der Waals surface area contributed by atoms with Crippen LogP contribution in [0.5, 0.6) is 0 Å². The Hall–Kier alpha value is -1.47. The molecule has 0 atom stereocenters. The van der Waals surface area contributed by atoms with Crippen LogP contribution in [0.4, 0.5) is 0 Å². The molecule has 0 spiro atoms. The second-order valence-electron chi connectivity index (χ2n) is 6.91. The zero-order chi connectivity index (χ0) is 17.5. The highest BCUT2D eigenvalue weighted by molar-refractivity contribution is 6.55. The van der Waals surface area contributed by atoms with Gasteiger partial charge in [0.1, 0.15) is 5.15 Å². The van der Waals surface area contributed by atoms with Crippen LogP contribution in [0, 0.1) is 0 Å². The highest BCUT2D eigenvalue weighted by Crippen LogP contribution is 2.38. The van der Waals surface area contributed by atoms with Gasteiger partial charge < -0.3 is 14.4 Å². The minimum absolute atomic E-state index is 0.157. The molecule has 7 heteroatoms. The van der Waals surface area contributed by atoms with Crippen molar-refractivity contribution in [1.29, 1.82) is 0 Å². The summed E-state index contributed by atoms with van der Waals surface area (Å²) in [6.45, 7) is 7.77. The number of aliphatic hydroxyl groups is 1. The first-order valence-corrected chi connectivity index (χ1v) is 8.19. The Balaban J connectivity index is 1.94. The third-order valence-electron chi connectivity index (χ3n) is 4.63. The molecule has 0 bridgehead atoms. The average Bonchev–Trinajstić information content (AvgIpc) is 2.72. The van der Waals surface area contributed by atoms with E-state index in [9.17, 15) is 5.11 Å². The van der Waals surface area contributed by atoms with E-state index in [4.69, 9.17) is 20.9 Å². The second-order valence-corrected chi connectivity index (χ2v) is 7.29. The first-order valence-electron chi connectivity index (χ1n) is 7.81. The summed E-state index contributed by atoms with van der Waals surface area (Å²) in [4.78, 5) is 8.48. The Morgan fingerprint density at radius 1 is 1.21 bits per heavy atom. The van der Waals surface area contributed by atoms with Gasteiger partial charge in [-0.1, -0.05) is 23.7 Å². The average molecular weight is 347 g/mol. The SMILES string of the molecule is CC1(C)OB(C(=Cc2ccc3ncc(Cl)nc3c2)CO)OC1(C)C. The Bertz CT molecular complexity index is 792. The molecule has 2 aromatic rings. The summed E-state index contributed by atoms with van der Waals surface area (Å²) in [7, 11) is -0.582. The fourth-order valence-corrected chi connectivity index (χ4v) is 2.63. The van der Waals surface area contributed by atoms with Crippen molar-refractivity contribution in [1.82, 2.24) is 9.97 Å². The van der Waals surface area contributed by atoms with Crippen LogP contribution in [0.3, 0.4) is 0 Å². The number of aliphatic hydroxyl groups excluding tert-OH is 1. The van der Waals surface area contributed by atoms with Crippen molar-refractivity contribution >= 4 is 35.8 Å². The predicted octanol–water partition coefficient (Wildman–Crippen LogP) is 3.29. The maximum atomic E-state index is 9.77. The monoisotopic (exact) mass is 346 g/mol. The Labute approximate surface area is 146 Å². The largest absolute Gasteiger partial charge is 0.492 e. The summed E-state index contributed by atoms with van der Waals surface area (Å²) in [6, 6.07) is 5.64. The van der Waals surface area contributed by atoms with Gasteiger partial charge in [0.05, 0.1) is 35.0 Å². The fraction of sp³-hybridized carbons (Fsp3) is 0.412. The summed E-state index contributed by atoms with van der Waals surface area (Å²) >= 11 is 5.90. The van der Waals surface area contributed by atoms with Crippen LogP contribution in [-0.2, 0) is 9.31 Å². The third-order valence-corrected chi connectivity index (χ3v) is 4.81. The van der Waals surface area contributed by atoms with Gasteiger partial charge in [-0.2, -0.15) is 0 Å². The molecule has 1 N–H and O–H groups in total. The number of aromatic nitrogens is 2. The van der Waals surface area contributed by atoms with E-state index in [2.05, 4.69) is 9.97 Å². The van der Waals surface area contributed by atoms with Crippen LogP contribution in [0.25, 0.3) is 17.1 Å². The molecule has 1 saturated heterocycles. The van der Waals surface area contributed by atoms with Crippen molar-refractivity contribution in [2.24, 2.45) is 0 Å². The van der Waals surface area contributed by atoms with E-state index in [-0.39, 0.29) is 6.61 Å². The van der Waals surface area contributed by atoms with Crippen LogP contribution >= 0.6 is 11.6 Å². The lowest BCUT2D eigenvalue weighted by Gasteiger charge is -2.32. The lowest BCUT2D eigenvalue weighted by Crippen LogP contribution is -2.41. The molecule has 2 heterocycles. The molecule has 3 rings (SSSR count). The third kappa shape index (κ3) is 3.19. The van der Waals surface area contributed by atoms with E-state index in [1.165, 1.54) is 6.20 Å². The van der Waals surface area contributed by atoms with Gasteiger partial charge >= 0.3 is 7.12 Å². The van der Waals surface area contributed by atoms with E-state index in [0.717, 1.165) is 11.1 Å². The Morgan fingerprint density at radius 3 is 2.50 bits per heavy atom. The van der Waals surface area contributed by atoms with Crippen molar-refractivity contribution in [2.45, 2.75) is 38.9 Å². The zero-order valence-corrected chi connectivity index (χ0v) is 15.0. The minimum Gasteiger partial charge on any atom is -0.400 e. The molecule has 0 aliphatic carbocycles. The van der Waals surface area contributed by atoms with Crippen LogP contribution < -0.4 is 0 Å². The number of hydrogen-bond acceptors (Lipinski definition) is 5. The van der Waals surface area contributed by atoms with Gasteiger partial charge in [-0.3, -0.25) is 4.98 Å². The van der Waals surface area contributed by atoms with Crippen LogP contribution in [0.1, 0.15) is 33.3 Å². The smallest absolute Gasteiger partial charge is 0.400 e. The number of halogens is 1. The van der Waals surface area contributed by atoms with Gasteiger partial charge in [0.2, 0.25) is 0 Å². The Morgan fingerprint density at radius 2 is 1.88 bits per heavy atom. The van der Waals surface area contributed by atoms with Gasteiger partial charge in [-0.15, -0.1) is 0 Å². The standard InChI is InChI=1S/C17H20BClN2O3/c1-16(2)17(3,4)24-18(23-16)12(10-22)7-11-5-6-13-14(8-11)21-15(19)9-20-13/h5-9,22H,10H2,1-4H3. The molecular weight excluding hydrogens is 326 g/mol. The molecule has 126 valence electrons. The predicted molar refractivity (Wildman–Crippen MR) is 95.7 cm³/mol. The van der Waals surface area contributed by atoms with Crippen LogP contribution in [-0.4, -0.2) is 40.0 Å². The number of rotatable bonds is 3. The first-order chi connectivity index (χ1) is 11.2. The van der Waals surface area contributed by atoms with Gasteiger partial charge in [-0.25, -0.2) is 4.98 Å². The summed E-state index contributed by atoms with van der Waals surface area (Å²) in [5.41, 5.74) is 2.09. The molecule has 1 aliphatic heterocycles. The van der Waals surface area contributed by atoms with E-state index < -0.39 is 18.3 Å². The van der Waals surface area contributed by atoms with Gasteiger partial charge in [0, 0.05) is 0 Å². The summed E-state index contributed by atoms with van der Waals surface area (Å²) < 4.78 is 12.0. The maximum absolute atomic E-state index is 9.77.